The lowest BCUT2D eigenvalue weighted by Crippen LogP contribution is -2.34. The van der Waals surface area contributed by atoms with Gasteiger partial charge in [-0.15, -0.1) is 0 Å². The van der Waals surface area contributed by atoms with Gasteiger partial charge in [0.2, 0.25) is 11.9 Å². The fourth-order valence-electron chi connectivity index (χ4n) is 11.4. The molecule has 0 unspecified atom stereocenters. The molecule has 5 fully saturated rings. The van der Waals surface area contributed by atoms with E-state index < -0.39 is 48.6 Å². The highest BCUT2D eigenvalue weighted by Gasteiger charge is 2.47. The van der Waals surface area contributed by atoms with E-state index >= 15 is 0 Å². The van der Waals surface area contributed by atoms with Gasteiger partial charge in [0.15, 0.2) is 34.0 Å². The average Bonchev–Trinajstić information content (AvgIpc) is 4.22. The fraction of sp³-hybridized carbons (Fsp3) is 0.667. The minimum atomic E-state index is -1.16. The number of aromatic nitrogens is 13. The number of hydrogen-bond donors (Lipinski definition) is 8. The highest BCUT2D eigenvalue weighted by atomic mass is 16.3. The lowest BCUT2D eigenvalue weighted by molar-refractivity contribution is 0.00491. The van der Waals surface area contributed by atoms with E-state index in [-0.39, 0.29) is 25.3 Å². The summed E-state index contributed by atoms with van der Waals surface area (Å²) >= 11 is 0. The molecule has 2 saturated heterocycles. The zero-order chi connectivity index (χ0) is 48.5. The van der Waals surface area contributed by atoms with Gasteiger partial charge < -0.3 is 70.0 Å². The van der Waals surface area contributed by atoms with Crippen molar-refractivity contribution in [1.82, 2.24) is 73.6 Å². The molecular formula is C45H65N19O6. The normalized spacial score (nSPS) is 30.6. The highest BCUT2D eigenvalue weighted by Crippen LogP contribution is 2.42. The summed E-state index contributed by atoms with van der Waals surface area (Å²) in [5, 5.41) is 85.2. The van der Waals surface area contributed by atoms with Gasteiger partial charge in [-0.25, -0.2) is 9.97 Å². The van der Waals surface area contributed by atoms with Gasteiger partial charge in [-0.2, -0.15) is 40.0 Å². The lowest BCUT2D eigenvalue weighted by Gasteiger charge is -2.31. The number of anilines is 4. The summed E-state index contributed by atoms with van der Waals surface area (Å²) in [5.41, 5.74) is 3.17. The van der Waals surface area contributed by atoms with Crippen molar-refractivity contribution in [1.29, 1.82) is 0 Å². The molecule has 0 aromatic carbocycles. The standard InChI is InChI=1S/C45H65N19O6/c1-57(2)28-10-12-59(18-28)44-51-40(34-42(53-44)61(22-46-34)30-15-32(38(69)36(30)67)63-14-9-26(20-65)55-63)49-24-5-7-25(8-6-24)50-41-35-43(54-45(52-41)60-13-11-29(19-60)58(3)4)62(23-47-35)31-16-33(39(70)37(31)68)64-48-17-27(21-66)56-64/h9,14,17,22-25,28-33,36-39,65-70H,5-8,10-13,15-16,18-21H2,1-4H3,(H,49,51,53)(H,50,52,54)/t24-,25-,28-,29-,30-,31-,32+,33+,36+,37+,38-,39-/m1/s1. The van der Waals surface area contributed by atoms with E-state index in [2.05, 4.69) is 73.7 Å². The number of rotatable bonds is 14. The van der Waals surface area contributed by atoms with E-state index in [1.807, 2.05) is 9.13 Å². The van der Waals surface area contributed by atoms with Crippen LogP contribution in [0.5, 0.6) is 0 Å². The molecule has 8 N–H and O–H groups in total. The van der Waals surface area contributed by atoms with Crippen LogP contribution < -0.4 is 20.4 Å². The summed E-state index contributed by atoms with van der Waals surface area (Å²) in [7, 11) is 8.34. The molecule has 70 heavy (non-hydrogen) atoms. The molecule has 6 aromatic heterocycles. The second kappa shape index (κ2) is 18.8. The Morgan fingerprint density at radius 1 is 0.600 bits per heavy atom. The van der Waals surface area contributed by atoms with Crippen LogP contribution in [0.1, 0.15) is 86.9 Å². The third-order valence-electron chi connectivity index (χ3n) is 15.7. The molecule has 25 heteroatoms. The minimum Gasteiger partial charge on any atom is -0.390 e. The maximum Gasteiger partial charge on any atom is 0.229 e. The summed E-state index contributed by atoms with van der Waals surface area (Å²) in [4.78, 5) is 40.4. The summed E-state index contributed by atoms with van der Waals surface area (Å²) in [6, 6.07) is 0.295. The van der Waals surface area contributed by atoms with Crippen LogP contribution in [0.25, 0.3) is 22.3 Å². The number of nitrogens with one attached hydrogen (secondary N) is 2. The van der Waals surface area contributed by atoms with E-state index in [4.69, 9.17) is 29.9 Å². The maximum atomic E-state index is 11.5. The van der Waals surface area contributed by atoms with Gasteiger partial charge in [-0.05, 0) is 85.6 Å². The Bertz CT molecular complexity index is 2600. The van der Waals surface area contributed by atoms with Crippen LogP contribution in [0.4, 0.5) is 23.5 Å². The molecule has 8 heterocycles. The second-order valence-corrected chi connectivity index (χ2v) is 20.4. The van der Waals surface area contributed by atoms with E-state index in [1.165, 1.54) is 11.0 Å². The van der Waals surface area contributed by atoms with E-state index in [9.17, 15) is 30.6 Å². The third-order valence-corrected chi connectivity index (χ3v) is 15.7. The Hall–Kier alpha value is -5.67. The topological polar surface area (TPSA) is 294 Å². The van der Waals surface area contributed by atoms with Gasteiger partial charge in [-0.3, -0.25) is 4.68 Å². The molecule has 25 nitrogen and oxygen atoms in total. The number of fused-ring (bicyclic) bond motifs is 2. The number of hydrogen-bond acceptors (Lipinski definition) is 21. The van der Waals surface area contributed by atoms with Crippen LogP contribution in [0, 0.1) is 0 Å². The Labute approximate surface area is 403 Å². The zero-order valence-corrected chi connectivity index (χ0v) is 40.0. The van der Waals surface area contributed by atoms with E-state index in [0.29, 0.717) is 82.2 Å². The van der Waals surface area contributed by atoms with Gasteiger partial charge >= 0.3 is 0 Å². The Morgan fingerprint density at radius 2 is 1.09 bits per heavy atom. The predicted octanol–water partition coefficient (Wildman–Crippen LogP) is -0.330. The van der Waals surface area contributed by atoms with Crippen molar-refractivity contribution in [3.63, 3.8) is 0 Å². The fourth-order valence-corrected chi connectivity index (χ4v) is 11.4. The lowest BCUT2D eigenvalue weighted by atomic mass is 9.91. The molecule has 3 saturated carbocycles. The SMILES string of the molecule is CN(C)[C@@H]1CCN(c2nc(N[C@H]3CC[C@H](Nc4nc(N5CC[C@@H](N(C)C)C5)nc5c4ncn5[C@@H]4C[C@H](n5ncc(CO)n5)[C@@H](O)[C@H]4O)CC3)c3ncn([C@@H]4C[C@H](n5ccc(CO)n5)[C@@H](O)[C@H]4O)c3n2)C1. The van der Waals surface area contributed by atoms with Crippen molar-refractivity contribution in [2.45, 2.75) is 137 Å². The summed E-state index contributed by atoms with van der Waals surface area (Å²) in [6.45, 7) is 2.62. The first-order valence-corrected chi connectivity index (χ1v) is 24.6. The Balaban J connectivity index is 0.843. The molecular weight excluding hydrogens is 903 g/mol. The number of likely N-dealkylation sites (N-methyl/N-ethyl adjacent to an activating group) is 2. The van der Waals surface area contributed by atoms with Crippen LogP contribution in [0.15, 0.2) is 31.1 Å². The molecule has 0 amide bonds. The molecule has 0 spiro atoms. The largest absolute Gasteiger partial charge is 0.390 e. The number of imidazole rings is 2. The van der Waals surface area contributed by atoms with Crippen molar-refractivity contribution in [3.8, 4) is 0 Å². The molecule has 10 atom stereocenters. The molecule has 2 aliphatic heterocycles. The van der Waals surface area contributed by atoms with Crippen LogP contribution in [0.3, 0.4) is 0 Å². The van der Waals surface area contributed by atoms with Crippen molar-refractivity contribution in [2.75, 3.05) is 74.8 Å². The van der Waals surface area contributed by atoms with Crippen molar-refractivity contribution < 1.29 is 30.6 Å². The van der Waals surface area contributed by atoms with Gasteiger partial charge in [0.1, 0.15) is 36.2 Å². The van der Waals surface area contributed by atoms with E-state index in [1.54, 1.807) is 29.6 Å². The second-order valence-electron chi connectivity index (χ2n) is 20.4. The summed E-state index contributed by atoms with van der Waals surface area (Å²) < 4.78 is 5.34. The summed E-state index contributed by atoms with van der Waals surface area (Å²) in [5.74, 6) is 2.41. The first kappa shape index (κ1) is 46.7. The Kier molecular flexibility index (Phi) is 12.6. The van der Waals surface area contributed by atoms with Gasteiger partial charge in [0.05, 0.1) is 55.9 Å². The first-order valence-electron chi connectivity index (χ1n) is 24.6. The molecule has 11 rings (SSSR count). The van der Waals surface area contributed by atoms with Gasteiger partial charge in [0, 0.05) is 56.5 Å². The molecule has 0 bridgehead atoms. The zero-order valence-electron chi connectivity index (χ0n) is 40.0. The number of nitrogens with zero attached hydrogens (tertiary/aromatic N) is 17. The monoisotopic (exact) mass is 968 g/mol. The Morgan fingerprint density at radius 3 is 1.54 bits per heavy atom. The molecule has 3 aliphatic carbocycles. The molecule has 0 radical (unpaired) electrons. The molecule has 376 valence electrons. The van der Waals surface area contributed by atoms with Gasteiger partial charge in [-0.1, -0.05) is 0 Å². The molecule has 5 aliphatic rings. The average molecular weight is 968 g/mol. The van der Waals surface area contributed by atoms with Crippen molar-refractivity contribution >= 4 is 45.9 Å². The molecule has 6 aromatic rings. The van der Waals surface area contributed by atoms with E-state index in [0.717, 1.165) is 64.7 Å². The summed E-state index contributed by atoms with van der Waals surface area (Å²) in [6.07, 6.45) is 7.93. The van der Waals surface area contributed by atoms with Crippen LogP contribution in [-0.2, 0) is 13.2 Å². The number of aliphatic hydroxyl groups is 6. The maximum absolute atomic E-state index is 11.5. The van der Waals surface area contributed by atoms with Crippen LogP contribution in [0.2, 0.25) is 0 Å². The van der Waals surface area contributed by atoms with Gasteiger partial charge in [0.25, 0.3) is 0 Å². The predicted molar refractivity (Wildman–Crippen MR) is 256 cm³/mol. The van der Waals surface area contributed by atoms with Crippen molar-refractivity contribution in [3.05, 3.63) is 42.5 Å². The highest BCUT2D eigenvalue weighted by molar-refractivity contribution is 5.86. The first-order chi connectivity index (χ1) is 33.8. The quantitative estimate of drug-likeness (QED) is 0.0693. The van der Waals surface area contributed by atoms with Crippen LogP contribution >= 0.6 is 0 Å². The number of aliphatic hydroxyl groups excluding tert-OH is 6. The minimum absolute atomic E-state index is 0.0661. The van der Waals surface area contributed by atoms with Crippen molar-refractivity contribution in [2.24, 2.45) is 0 Å². The third kappa shape index (κ3) is 8.47. The van der Waals surface area contributed by atoms with Crippen LogP contribution in [-0.4, -0.2) is 207 Å². The smallest absolute Gasteiger partial charge is 0.229 e.